The van der Waals surface area contributed by atoms with Crippen molar-refractivity contribution in [2.45, 2.75) is 26.7 Å². The summed E-state index contributed by atoms with van der Waals surface area (Å²) in [7, 11) is 0. The van der Waals surface area contributed by atoms with Gasteiger partial charge in [0.1, 0.15) is 0 Å². The van der Waals surface area contributed by atoms with Crippen LogP contribution in [0.3, 0.4) is 0 Å². The normalized spacial score (nSPS) is 10.1. The Morgan fingerprint density at radius 3 is 1.83 bits per heavy atom. The third-order valence-electron chi connectivity index (χ3n) is 2.69. The lowest BCUT2D eigenvalue weighted by Crippen LogP contribution is -2.32. The molecular weight excluding hydrogens is 228 g/mol. The second kappa shape index (κ2) is 6.79. The molecule has 2 amide bonds. The molecule has 4 heteroatoms. The highest BCUT2D eigenvalue weighted by atomic mass is 16.2. The van der Waals surface area contributed by atoms with E-state index in [4.69, 9.17) is 5.73 Å². The maximum absolute atomic E-state index is 12.2. The number of nitrogens with two attached hydrogens (primary N) is 1. The van der Waals surface area contributed by atoms with Gasteiger partial charge >= 0.3 is 0 Å². The minimum Gasteiger partial charge on any atom is -0.366 e. The van der Waals surface area contributed by atoms with Gasteiger partial charge in [0.15, 0.2) is 0 Å². The number of primary amides is 1. The molecule has 1 aromatic rings. The van der Waals surface area contributed by atoms with Crippen molar-refractivity contribution in [2.24, 2.45) is 5.73 Å². The summed E-state index contributed by atoms with van der Waals surface area (Å²) in [4.78, 5) is 25.0. The van der Waals surface area contributed by atoms with Crippen LogP contribution in [-0.4, -0.2) is 29.8 Å². The first-order chi connectivity index (χ1) is 8.60. The number of hydrogen-bond acceptors (Lipinski definition) is 2. The third-order valence-corrected chi connectivity index (χ3v) is 2.69. The van der Waals surface area contributed by atoms with Crippen molar-refractivity contribution in [2.75, 3.05) is 13.1 Å². The van der Waals surface area contributed by atoms with E-state index in [0.717, 1.165) is 25.9 Å². The van der Waals surface area contributed by atoms with E-state index in [1.54, 1.807) is 24.3 Å². The molecule has 0 saturated carbocycles. The Bertz CT molecular complexity index is 406. The van der Waals surface area contributed by atoms with E-state index in [2.05, 4.69) is 0 Å². The summed E-state index contributed by atoms with van der Waals surface area (Å²) in [6, 6.07) is 6.48. The number of benzene rings is 1. The number of amides is 2. The van der Waals surface area contributed by atoms with Gasteiger partial charge in [-0.15, -0.1) is 0 Å². The molecule has 0 atom stereocenters. The van der Waals surface area contributed by atoms with Crippen LogP contribution in [0.2, 0.25) is 0 Å². The summed E-state index contributed by atoms with van der Waals surface area (Å²) in [5, 5.41) is 0. The molecule has 2 N–H and O–H groups in total. The zero-order valence-corrected chi connectivity index (χ0v) is 11.0. The van der Waals surface area contributed by atoms with Crippen LogP contribution >= 0.6 is 0 Å². The average molecular weight is 248 g/mol. The van der Waals surface area contributed by atoms with Crippen molar-refractivity contribution in [1.82, 2.24) is 4.90 Å². The van der Waals surface area contributed by atoms with Crippen molar-refractivity contribution in [3.63, 3.8) is 0 Å². The van der Waals surface area contributed by atoms with Crippen molar-refractivity contribution in [3.05, 3.63) is 35.4 Å². The zero-order chi connectivity index (χ0) is 13.5. The molecule has 1 rings (SSSR count). The van der Waals surface area contributed by atoms with Gasteiger partial charge in [0, 0.05) is 24.2 Å². The topological polar surface area (TPSA) is 63.4 Å². The standard InChI is InChI=1S/C14H20N2O2/c1-3-9-16(10-4-2)14(18)12-7-5-11(6-8-12)13(15)17/h5-8H,3-4,9-10H2,1-2H3,(H2,15,17). The fraction of sp³-hybridized carbons (Fsp3) is 0.429. The van der Waals surface area contributed by atoms with Gasteiger partial charge < -0.3 is 10.6 Å². The summed E-state index contributed by atoms with van der Waals surface area (Å²) >= 11 is 0. The predicted molar refractivity (Wildman–Crippen MR) is 71.4 cm³/mol. The number of nitrogens with zero attached hydrogens (tertiary/aromatic N) is 1. The summed E-state index contributed by atoms with van der Waals surface area (Å²) < 4.78 is 0. The van der Waals surface area contributed by atoms with E-state index >= 15 is 0 Å². The quantitative estimate of drug-likeness (QED) is 0.837. The molecule has 0 aliphatic heterocycles. The first kappa shape index (κ1) is 14.2. The molecule has 4 nitrogen and oxygen atoms in total. The minimum atomic E-state index is -0.479. The van der Waals surface area contributed by atoms with Gasteiger partial charge in [-0.1, -0.05) is 13.8 Å². The van der Waals surface area contributed by atoms with Gasteiger partial charge in [0.2, 0.25) is 5.91 Å². The maximum atomic E-state index is 12.2. The van der Waals surface area contributed by atoms with E-state index in [9.17, 15) is 9.59 Å². The van der Waals surface area contributed by atoms with Crippen molar-refractivity contribution in [3.8, 4) is 0 Å². The molecule has 0 spiro atoms. The lowest BCUT2D eigenvalue weighted by atomic mass is 10.1. The second-order valence-electron chi connectivity index (χ2n) is 4.23. The molecule has 0 aliphatic rings. The third kappa shape index (κ3) is 3.58. The number of rotatable bonds is 6. The van der Waals surface area contributed by atoms with Gasteiger partial charge in [-0.3, -0.25) is 9.59 Å². The molecule has 98 valence electrons. The molecule has 0 saturated heterocycles. The van der Waals surface area contributed by atoms with Crippen LogP contribution in [0.15, 0.2) is 24.3 Å². The molecule has 0 unspecified atom stereocenters. The Balaban J connectivity index is 2.84. The molecule has 18 heavy (non-hydrogen) atoms. The minimum absolute atomic E-state index is 0.00900. The highest BCUT2D eigenvalue weighted by Gasteiger charge is 2.14. The van der Waals surface area contributed by atoms with E-state index in [1.807, 2.05) is 18.7 Å². The fourth-order valence-corrected chi connectivity index (χ4v) is 1.81. The van der Waals surface area contributed by atoms with Gasteiger partial charge in [-0.2, -0.15) is 0 Å². The Morgan fingerprint density at radius 1 is 1.00 bits per heavy atom. The van der Waals surface area contributed by atoms with Crippen LogP contribution in [0.5, 0.6) is 0 Å². The highest BCUT2D eigenvalue weighted by Crippen LogP contribution is 2.08. The highest BCUT2D eigenvalue weighted by molar-refractivity contribution is 5.97. The number of hydrogen-bond donors (Lipinski definition) is 1. The van der Waals surface area contributed by atoms with Crippen molar-refractivity contribution < 1.29 is 9.59 Å². The van der Waals surface area contributed by atoms with Crippen LogP contribution in [0.4, 0.5) is 0 Å². The Morgan fingerprint density at radius 2 is 1.44 bits per heavy atom. The van der Waals surface area contributed by atoms with Gasteiger partial charge in [0.05, 0.1) is 0 Å². The van der Waals surface area contributed by atoms with E-state index < -0.39 is 5.91 Å². The number of carbonyl (C=O) groups is 2. The molecule has 0 bridgehead atoms. The van der Waals surface area contributed by atoms with Crippen LogP contribution in [0.1, 0.15) is 47.4 Å². The molecule has 0 aliphatic carbocycles. The van der Waals surface area contributed by atoms with Crippen molar-refractivity contribution in [1.29, 1.82) is 0 Å². The first-order valence-electron chi connectivity index (χ1n) is 6.29. The number of carbonyl (C=O) groups excluding carboxylic acids is 2. The summed E-state index contributed by atoms with van der Waals surface area (Å²) in [6.45, 7) is 5.60. The Labute approximate surface area is 108 Å². The molecule has 0 radical (unpaired) electrons. The van der Waals surface area contributed by atoms with Crippen LogP contribution in [0, 0.1) is 0 Å². The van der Waals surface area contributed by atoms with E-state index in [1.165, 1.54) is 0 Å². The average Bonchev–Trinajstić information content (AvgIpc) is 2.38. The predicted octanol–water partition coefficient (Wildman–Crippen LogP) is 2.05. The SMILES string of the molecule is CCCN(CCC)C(=O)c1ccc(C(N)=O)cc1. The Hall–Kier alpha value is -1.84. The zero-order valence-electron chi connectivity index (χ0n) is 11.0. The van der Waals surface area contributed by atoms with Gasteiger partial charge in [-0.25, -0.2) is 0 Å². The van der Waals surface area contributed by atoms with Gasteiger partial charge in [-0.05, 0) is 37.1 Å². The molecular formula is C14H20N2O2. The largest absolute Gasteiger partial charge is 0.366 e. The summed E-state index contributed by atoms with van der Waals surface area (Å²) in [5.41, 5.74) is 6.18. The molecule has 0 heterocycles. The lowest BCUT2D eigenvalue weighted by molar-refractivity contribution is 0.0755. The van der Waals surface area contributed by atoms with Crippen LogP contribution in [-0.2, 0) is 0 Å². The van der Waals surface area contributed by atoms with Gasteiger partial charge in [0.25, 0.3) is 5.91 Å². The molecule has 0 aromatic heterocycles. The lowest BCUT2D eigenvalue weighted by Gasteiger charge is -2.21. The van der Waals surface area contributed by atoms with E-state index in [0.29, 0.717) is 11.1 Å². The first-order valence-corrected chi connectivity index (χ1v) is 6.29. The molecule has 0 fully saturated rings. The van der Waals surface area contributed by atoms with Crippen molar-refractivity contribution >= 4 is 11.8 Å². The van der Waals surface area contributed by atoms with Crippen LogP contribution < -0.4 is 5.73 Å². The van der Waals surface area contributed by atoms with E-state index in [-0.39, 0.29) is 5.91 Å². The Kier molecular flexibility index (Phi) is 5.36. The monoisotopic (exact) mass is 248 g/mol. The smallest absolute Gasteiger partial charge is 0.253 e. The fourth-order valence-electron chi connectivity index (χ4n) is 1.81. The maximum Gasteiger partial charge on any atom is 0.253 e. The summed E-state index contributed by atoms with van der Waals surface area (Å²) in [5.74, 6) is -0.470. The van der Waals surface area contributed by atoms with Crippen LogP contribution in [0.25, 0.3) is 0 Å². The second-order valence-corrected chi connectivity index (χ2v) is 4.23. The molecule has 1 aromatic carbocycles. The summed E-state index contributed by atoms with van der Waals surface area (Å²) in [6.07, 6.45) is 1.87.